The van der Waals surface area contributed by atoms with E-state index in [1.54, 1.807) is 6.92 Å². The molecule has 1 amide bonds. The van der Waals surface area contributed by atoms with Crippen molar-refractivity contribution >= 4 is 11.9 Å². The first kappa shape index (κ1) is 24.5. The molecule has 8 heteroatoms. The summed E-state index contributed by atoms with van der Waals surface area (Å²) in [4.78, 5) is 31.5. The van der Waals surface area contributed by atoms with E-state index in [9.17, 15) is 14.7 Å². The van der Waals surface area contributed by atoms with Crippen molar-refractivity contribution in [2.75, 3.05) is 6.54 Å². The number of carbonyl (C=O) groups is 2. The zero-order valence-corrected chi connectivity index (χ0v) is 19.7. The van der Waals surface area contributed by atoms with Gasteiger partial charge in [0, 0.05) is 6.42 Å². The predicted molar refractivity (Wildman–Crippen MR) is 124 cm³/mol. The third-order valence-electron chi connectivity index (χ3n) is 6.01. The van der Waals surface area contributed by atoms with Gasteiger partial charge >= 0.3 is 5.97 Å². The van der Waals surface area contributed by atoms with Gasteiger partial charge in [0.2, 0.25) is 0 Å². The van der Waals surface area contributed by atoms with Crippen molar-refractivity contribution in [3.05, 3.63) is 47.0 Å². The van der Waals surface area contributed by atoms with Crippen LogP contribution in [-0.2, 0) is 16.6 Å². The number of hydrogen-bond acceptors (Lipinski definition) is 6. The quantitative estimate of drug-likeness (QED) is 0.581. The number of rotatable bonds is 7. The number of nitrogens with one attached hydrogen (secondary N) is 1. The van der Waals surface area contributed by atoms with Gasteiger partial charge in [0.1, 0.15) is 18.1 Å². The lowest BCUT2D eigenvalue weighted by atomic mass is 9.85. The molecule has 33 heavy (non-hydrogen) atoms. The third kappa shape index (κ3) is 6.66. The number of aromatic nitrogens is 2. The predicted octanol–water partition coefficient (Wildman–Crippen LogP) is 3.78. The summed E-state index contributed by atoms with van der Waals surface area (Å²) in [5, 5.41) is 21.1. The van der Waals surface area contributed by atoms with E-state index in [1.165, 1.54) is 5.56 Å². The Labute approximate surface area is 194 Å². The first-order chi connectivity index (χ1) is 15.5. The van der Waals surface area contributed by atoms with Crippen LogP contribution in [0.15, 0.2) is 24.3 Å². The third-order valence-corrected chi connectivity index (χ3v) is 6.01. The van der Waals surface area contributed by atoms with Crippen LogP contribution in [0.2, 0.25) is 0 Å². The lowest BCUT2D eigenvalue weighted by Crippen LogP contribution is -2.30. The number of nitrogens with zero attached hydrogens (tertiary/aromatic N) is 2. The maximum atomic E-state index is 12.2. The first-order valence-corrected chi connectivity index (χ1v) is 11.4. The smallest absolute Gasteiger partial charge is 0.322 e. The zero-order chi connectivity index (χ0) is 24.2. The largest absolute Gasteiger partial charge is 0.504 e. The fourth-order valence-corrected chi connectivity index (χ4v) is 4.05. The summed E-state index contributed by atoms with van der Waals surface area (Å²) in [5.74, 6) is -0.494. The standard InChI is InChI=1S/C25H33N3O5/c1-15-23(31)22(24(32)26-14-21(29)30)28-20(27-15)13-16-5-9-18(10-6-16)33-19-11-7-17(8-12-19)25(2,3)4/h7-8,11-12,16,18,31H,5-6,9-10,13-14H2,1-4H3,(H,26,32)(H,29,30). The van der Waals surface area contributed by atoms with Gasteiger partial charge in [-0.25, -0.2) is 9.97 Å². The van der Waals surface area contributed by atoms with Crippen LogP contribution in [0.5, 0.6) is 11.5 Å². The molecule has 1 fully saturated rings. The number of hydrogen-bond donors (Lipinski definition) is 3. The molecule has 1 aliphatic rings. The van der Waals surface area contributed by atoms with Gasteiger partial charge in [-0.1, -0.05) is 32.9 Å². The van der Waals surface area contributed by atoms with Crippen LogP contribution in [0.3, 0.4) is 0 Å². The number of aliphatic carboxylic acids is 1. The van der Waals surface area contributed by atoms with E-state index in [0.29, 0.717) is 23.9 Å². The molecule has 1 heterocycles. The van der Waals surface area contributed by atoms with Gasteiger partial charge in [-0.15, -0.1) is 0 Å². The molecule has 3 rings (SSSR count). The van der Waals surface area contributed by atoms with E-state index in [2.05, 4.69) is 48.2 Å². The molecular weight excluding hydrogens is 422 g/mol. The number of carboxylic acid groups (broad SMARTS) is 1. The van der Waals surface area contributed by atoms with E-state index in [-0.39, 0.29) is 23.0 Å². The van der Waals surface area contributed by atoms with Crippen molar-refractivity contribution in [3.8, 4) is 11.5 Å². The minimum Gasteiger partial charge on any atom is -0.504 e. The highest BCUT2D eigenvalue weighted by Gasteiger charge is 2.25. The normalized spacial score (nSPS) is 18.5. The van der Waals surface area contributed by atoms with Gasteiger partial charge in [0.05, 0.1) is 11.8 Å². The fraction of sp³-hybridized carbons (Fsp3) is 0.520. The summed E-state index contributed by atoms with van der Waals surface area (Å²) in [5.41, 5.74) is 1.51. The van der Waals surface area contributed by atoms with Crippen molar-refractivity contribution in [2.24, 2.45) is 5.92 Å². The SMILES string of the molecule is Cc1nc(CC2CCC(Oc3ccc(C(C)(C)C)cc3)CC2)nc(C(=O)NCC(=O)O)c1O. The highest BCUT2D eigenvalue weighted by Crippen LogP contribution is 2.31. The van der Waals surface area contributed by atoms with Gasteiger partial charge in [-0.3, -0.25) is 9.59 Å². The topological polar surface area (TPSA) is 122 Å². The van der Waals surface area contributed by atoms with Gasteiger partial charge in [0.25, 0.3) is 5.91 Å². The van der Waals surface area contributed by atoms with Crippen molar-refractivity contribution < 1.29 is 24.5 Å². The summed E-state index contributed by atoms with van der Waals surface area (Å²) in [7, 11) is 0. The van der Waals surface area contributed by atoms with Gasteiger partial charge in [0.15, 0.2) is 11.4 Å². The van der Waals surface area contributed by atoms with Crippen molar-refractivity contribution in [1.29, 1.82) is 0 Å². The Morgan fingerprint density at radius 3 is 2.30 bits per heavy atom. The molecule has 2 aromatic rings. The lowest BCUT2D eigenvalue weighted by molar-refractivity contribution is -0.135. The molecule has 1 saturated carbocycles. The van der Waals surface area contributed by atoms with Crippen molar-refractivity contribution in [1.82, 2.24) is 15.3 Å². The molecule has 8 nitrogen and oxygen atoms in total. The first-order valence-electron chi connectivity index (χ1n) is 11.4. The summed E-state index contributed by atoms with van der Waals surface area (Å²) in [6.45, 7) is 7.63. The average molecular weight is 456 g/mol. The molecule has 0 aliphatic heterocycles. The number of ether oxygens (including phenoxy) is 1. The summed E-state index contributed by atoms with van der Waals surface area (Å²) < 4.78 is 6.19. The number of amides is 1. The van der Waals surface area contributed by atoms with E-state index in [0.717, 1.165) is 31.4 Å². The Bertz CT molecular complexity index is 990. The van der Waals surface area contributed by atoms with Crippen molar-refractivity contribution in [3.63, 3.8) is 0 Å². The number of benzene rings is 1. The summed E-state index contributed by atoms with van der Waals surface area (Å²) in [6.07, 6.45) is 4.52. The van der Waals surface area contributed by atoms with E-state index in [1.807, 2.05) is 12.1 Å². The molecule has 0 unspecified atom stereocenters. The fourth-order valence-electron chi connectivity index (χ4n) is 4.05. The van der Waals surface area contributed by atoms with E-state index in [4.69, 9.17) is 9.84 Å². The Hall–Kier alpha value is -3.16. The Morgan fingerprint density at radius 2 is 1.73 bits per heavy atom. The molecule has 0 atom stereocenters. The van der Waals surface area contributed by atoms with E-state index < -0.39 is 18.4 Å². The summed E-state index contributed by atoms with van der Waals surface area (Å²) in [6, 6.07) is 8.32. The summed E-state index contributed by atoms with van der Waals surface area (Å²) >= 11 is 0. The second-order valence-corrected chi connectivity index (χ2v) is 9.74. The molecule has 1 aromatic carbocycles. The second-order valence-electron chi connectivity index (χ2n) is 9.74. The average Bonchev–Trinajstić information content (AvgIpc) is 2.75. The maximum Gasteiger partial charge on any atom is 0.322 e. The highest BCUT2D eigenvalue weighted by molar-refractivity contribution is 5.96. The molecule has 1 aliphatic carbocycles. The molecule has 0 bridgehead atoms. The van der Waals surface area contributed by atoms with Crippen molar-refractivity contribution in [2.45, 2.75) is 71.3 Å². The number of aromatic hydroxyl groups is 1. The van der Waals surface area contributed by atoms with Crippen LogP contribution in [0.25, 0.3) is 0 Å². The molecule has 178 valence electrons. The Kier molecular flexibility index (Phi) is 7.56. The second kappa shape index (κ2) is 10.2. The molecule has 0 saturated heterocycles. The van der Waals surface area contributed by atoms with Crippen LogP contribution < -0.4 is 10.1 Å². The van der Waals surface area contributed by atoms with Crippen LogP contribution in [0, 0.1) is 12.8 Å². The molecule has 0 radical (unpaired) electrons. The Balaban J connectivity index is 1.56. The number of carboxylic acids is 1. The molecular formula is C25H33N3O5. The monoisotopic (exact) mass is 455 g/mol. The van der Waals surface area contributed by atoms with Crippen LogP contribution in [0.4, 0.5) is 0 Å². The number of carbonyl (C=O) groups excluding carboxylic acids is 1. The molecule has 1 aromatic heterocycles. The minimum absolute atomic E-state index is 0.113. The minimum atomic E-state index is -1.17. The lowest BCUT2D eigenvalue weighted by Gasteiger charge is -2.29. The van der Waals surface area contributed by atoms with Gasteiger partial charge < -0.3 is 20.3 Å². The zero-order valence-electron chi connectivity index (χ0n) is 19.7. The maximum absolute atomic E-state index is 12.2. The van der Waals surface area contributed by atoms with Crippen LogP contribution in [0.1, 0.15) is 74.0 Å². The highest BCUT2D eigenvalue weighted by atomic mass is 16.5. The molecule has 3 N–H and O–H groups in total. The van der Waals surface area contributed by atoms with Gasteiger partial charge in [-0.05, 0) is 61.6 Å². The van der Waals surface area contributed by atoms with Crippen LogP contribution >= 0.6 is 0 Å². The van der Waals surface area contributed by atoms with Gasteiger partial charge in [-0.2, -0.15) is 0 Å². The number of aryl methyl sites for hydroxylation is 1. The van der Waals surface area contributed by atoms with Crippen LogP contribution in [-0.4, -0.2) is 44.7 Å². The Morgan fingerprint density at radius 1 is 1.09 bits per heavy atom. The van der Waals surface area contributed by atoms with E-state index >= 15 is 0 Å². The molecule has 0 spiro atoms.